The molecule has 0 saturated heterocycles. The molecule has 2 aliphatic rings. The highest BCUT2D eigenvalue weighted by Gasteiger charge is 2.47. The van der Waals surface area contributed by atoms with Gasteiger partial charge in [0.15, 0.2) is 0 Å². The van der Waals surface area contributed by atoms with E-state index in [0.717, 1.165) is 94.9 Å². The van der Waals surface area contributed by atoms with Gasteiger partial charge in [-0.2, -0.15) is 0 Å². The van der Waals surface area contributed by atoms with Gasteiger partial charge in [-0.1, -0.05) is 354 Å². The number of thiophene rings is 2. The lowest BCUT2D eigenvalue weighted by Crippen LogP contribution is -2.28. The number of nitrogens with zero attached hydrogens (tertiary/aromatic N) is 4. The summed E-state index contributed by atoms with van der Waals surface area (Å²) in [5.74, 6) is 0. The molecule has 0 aliphatic heterocycles. The number of para-hydroxylation sites is 4. The molecule has 676 valence electrons. The average molecular weight is 1870 g/mol. The van der Waals surface area contributed by atoms with Crippen molar-refractivity contribution in [2.45, 2.75) is 24.7 Å². The van der Waals surface area contributed by atoms with Crippen LogP contribution in [0.25, 0.3) is 206 Å². The van der Waals surface area contributed by atoms with Crippen molar-refractivity contribution in [3.05, 3.63) is 531 Å². The Bertz CT molecular complexity index is 10000. The van der Waals surface area contributed by atoms with Crippen LogP contribution in [0.15, 0.2) is 506 Å². The fourth-order valence-corrected chi connectivity index (χ4v) is 26.6. The zero-order valence-corrected chi connectivity index (χ0v) is 80.4. The van der Waals surface area contributed by atoms with E-state index in [1.165, 1.54) is 179 Å². The Balaban J connectivity index is 0.000000138. The molecule has 0 N–H and O–H groups in total. The van der Waals surface area contributed by atoms with Gasteiger partial charge in [0.1, 0.15) is 22.3 Å². The molecule has 0 fully saturated rings. The average Bonchev–Trinajstić information content (AvgIpc) is 1.55. The smallest absolute Gasteiger partial charge is 0.135 e. The second kappa shape index (κ2) is 32.9. The van der Waals surface area contributed by atoms with Crippen LogP contribution in [0.5, 0.6) is 0 Å². The van der Waals surface area contributed by atoms with Crippen LogP contribution >= 0.6 is 22.7 Å². The lowest BCUT2D eigenvalue weighted by molar-refractivity contribution is 0.660. The molecule has 0 unspecified atom stereocenters. The van der Waals surface area contributed by atoms with Gasteiger partial charge in [-0.25, -0.2) is 0 Å². The van der Waals surface area contributed by atoms with Crippen molar-refractivity contribution in [1.82, 2.24) is 9.13 Å². The first kappa shape index (κ1) is 83.1. The van der Waals surface area contributed by atoms with Crippen LogP contribution in [0.1, 0.15) is 47.2 Å². The van der Waals surface area contributed by atoms with Gasteiger partial charge in [-0.15, -0.1) is 22.7 Å². The fourth-order valence-electron chi connectivity index (χ4n) is 24.1. The summed E-state index contributed by atoms with van der Waals surface area (Å²) in [6.07, 6.45) is 0. The number of hydrogen-bond acceptors (Lipinski definition) is 6. The van der Waals surface area contributed by atoms with E-state index in [0.29, 0.717) is 0 Å². The topological polar surface area (TPSA) is 42.6 Å². The zero-order chi connectivity index (χ0) is 95.0. The molecule has 0 spiro atoms. The summed E-state index contributed by atoms with van der Waals surface area (Å²) >= 11 is 3.77. The van der Waals surface area contributed by atoms with Crippen LogP contribution < -0.4 is 9.80 Å². The van der Waals surface area contributed by atoms with Crippen molar-refractivity contribution in [2.24, 2.45) is 0 Å². The molecule has 28 aromatic rings. The highest BCUT2D eigenvalue weighted by Crippen LogP contribution is 2.60. The third-order valence-electron chi connectivity index (χ3n) is 30.6. The van der Waals surface area contributed by atoms with Crippen molar-refractivity contribution < 1.29 is 8.83 Å². The van der Waals surface area contributed by atoms with E-state index < -0.39 is 5.41 Å². The highest BCUT2D eigenvalue weighted by atomic mass is 32.1. The molecular formula is C136H88N4O2S2. The van der Waals surface area contributed by atoms with E-state index in [2.05, 4.69) is 518 Å². The van der Waals surface area contributed by atoms with Gasteiger partial charge in [0, 0.05) is 145 Å². The summed E-state index contributed by atoms with van der Waals surface area (Å²) in [6, 6.07) is 183. The first-order valence-corrected chi connectivity index (χ1v) is 51.1. The molecule has 2 aliphatic carbocycles. The number of benzene rings is 22. The Kier molecular flexibility index (Phi) is 19.0. The number of furan rings is 2. The lowest BCUT2D eigenvalue weighted by atomic mass is 9.67. The van der Waals surface area contributed by atoms with Crippen LogP contribution in [-0.4, -0.2) is 9.13 Å². The number of hydrogen-bond donors (Lipinski definition) is 0. The molecular weight excluding hydrogens is 1790 g/mol. The molecule has 0 atom stereocenters. The molecule has 144 heavy (non-hydrogen) atoms. The summed E-state index contributed by atoms with van der Waals surface area (Å²) < 4.78 is 22.7. The first-order chi connectivity index (χ1) is 71.2. The summed E-state index contributed by atoms with van der Waals surface area (Å²) in [7, 11) is 0. The van der Waals surface area contributed by atoms with Gasteiger partial charge in [-0.05, 0) is 247 Å². The third kappa shape index (κ3) is 12.9. The normalized spacial score (nSPS) is 12.9. The van der Waals surface area contributed by atoms with Crippen LogP contribution in [0.4, 0.5) is 34.1 Å². The summed E-state index contributed by atoms with van der Waals surface area (Å²) in [4.78, 5) is 4.91. The van der Waals surface area contributed by atoms with E-state index >= 15 is 0 Å². The Morgan fingerprint density at radius 3 is 1.04 bits per heavy atom. The van der Waals surface area contributed by atoms with Crippen LogP contribution in [0.2, 0.25) is 0 Å². The quantitative estimate of drug-likeness (QED) is 0.109. The van der Waals surface area contributed by atoms with Gasteiger partial charge in [-0.3, -0.25) is 0 Å². The predicted molar refractivity (Wildman–Crippen MR) is 608 cm³/mol. The molecule has 0 radical (unpaired) electrons. The van der Waals surface area contributed by atoms with Crippen LogP contribution in [0, 0.1) is 0 Å². The SMILES string of the molecule is CC1(C)c2ccccc2-c2ccc(N(c3ccc(-c4ccccc4)cc3)c3cccc(-c4cc5c6ccccc6n(-c6ccc7oc8ccccc8c7c6)c5c5c4sc4ccccc45)c3)cc21.c1ccc(-c2ccc(N(c3cccc(-c4cc5c6ccccc6n(-c6ccc7oc8ccccc8c7c6)c5c5c4sc4ccccc45)c3)c3ccc4c(c3)C(c3ccccc3)(c3ccccc3)c3ccccc3-4)cc2)cc1. The standard InChI is InChI=1S/C73H46N2OS.C63H42N2OS/c1-4-19-47(20-5-1)48-35-37-52(38-36-48)74(55-39-41-57-56-27-10-14-31-64(56)73(65(57)45-55,50-22-6-2-7-23-50)51-24-8-3-9-25-51)53-26-18-21-49(43-53)61-46-63-58-28-11-15-32-66(58)75(71(63)70-60-30-13-17-34-69(60)77-72(61)70)54-40-42-68-62(44-54)59-29-12-16-33-67(59)76-68;1-63(2)54-23-10-6-19-46(54)47-33-31-45(37-55(47)63)64(42-29-27-40(28-30-42)39-15-4-3-5-16-39)43-18-14-17-41(35-43)51-38-53-48-20-7-11-24-56(48)65(61(53)60-50-22-9-13-26-59(50)67-62(51)60)44-32-34-58-52(36-44)49-21-8-12-25-57(49)66-58/h1-46H;3-38H,1-2H3. The van der Waals surface area contributed by atoms with Crippen LogP contribution in [0.3, 0.4) is 0 Å². The number of anilines is 6. The molecule has 0 saturated carbocycles. The Morgan fingerprint density at radius 2 is 0.562 bits per heavy atom. The maximum absolute atomic E-state index is 6.35. The molecule has 6 nitrogen and oxygen atoms in total. The van der Waals surface area contributed by atoms with E-state index in [1.54, 1.807) is 0 Å². The highest BCUT2D eigenvalue weighted by molar-refractivity contribution is 7.27. The molecule has 8 heteroatoms. The van der Waals surface area contributed by atoms with Gasteiger partial charge < -0.3 is 27.8 Å². The minimum atomic E-state index is -0.547. The second-order valence-electron chi connectivity index (χ2n) is 38.8. The van der Waals surface area contributed by atoms with Crippen molar-refractivity contribution in [3.63, 3.8) is 0 Å². The number of fused-ring (bicyclic) bond motifs is 26. The van der Waals surface area contributed by atoms with Gasteiger partial charge in [0.2, 0.25) is 0 Å². The summed E-state index contributed by atoms with van der Waals surface area (Å²) in [5.41, 5.74) is 39.0. The Morgan fingerprint density at radius 1 is 0.215 bits per heavy atom. The largest absolute Gasteiger partial charge is 0.456 e. The molecule has 22 aromatic carbocycles. The minimum Gasteiger partial charge on any atom is -0.456 e. The predicted octanol–water partition coefficient (Wildman–Crippen LogP) is 38.4. The lowest BCUT2D eigenvalue weighted by Gasteiger charge is -2.35. The molecule has 6 aromatic heterocycles. The second-order valence-corrected chi connectivity index (χ2v) is 40.9. The molecule has 6 heterocycles. The Labute approximate surface area is 839 Å². The van der Waals surface area contributed by atoms with Crippen molar-refractivity contribution in [3.8, 4) is 78.1 Å². The zero-order valence-electron chi connectivity index (χ0n) is 78.8. The van der Waals surface area contributed by atoms with Crippen molar-refractivity contribution in [1.29, 1.82) is 0 Å². The number of rotatable bonds is 14. The summed E-state index contributed by atoms with van der Waals surface area (Å²) in [5, 5.41) is 14.5. The summed E-state index contributed by atoms with van der Waals surface area (Å²) in [6.45, 7) is 4.73. The van der Waals surface area contributed by atoms with E-state index in [-0.39, 0.29) is 5.41 Å². The maximum Gasteiger partial charge on any atom is 0.135 e. The third-order valence-corrected chi connectivity index (χ3v) is 33.0. The molecule has 0 bridgehead atoms. The van der Waals surface area contributed by atoms with Crippen molar-refractivity contribution in [2.75, 3.05) is 9.80 Å². The number of aromatic nitrogens is 2. The monoisotopic (exact) mass is 1870 g/mol. The van der Waals surface area contributed by atoms with Crippen LogP contribution in [-0.2, 0) is 10.8 Å². The maximum atomic E-state index is 6.35. The Hall–Kier alpha value is -17.9. The molecule has 30 rings (SSSR count). The van der Waals surface area contributed by atoms with Gasteiger partial charge >= 0.3 is 0 Å². The van der Waals surface area contributed by atoms with Gasteiger partial charge in [0.05, 0.1) is 27.5 Å². The fraction of sp³-hybridized carbons (Fsp3) is 0.0294. The first-order valence-electron chi connectivity index (χ1n) is 49.5. The van der Waals surface area contributed by atoms with E-state index in [4.69, 9.17) is 8.83 Å². The molecule has 0 amide bonds. The van der Waals surface area contributed by atoms with E-state index in [1.807, 2.05) is 34.8 Å². The van der Waals surface area contributed by atoms with E-state index in [9.17, 15) is 0 Å². The van der Waals surface area contributed by atoms with Crippen molar-refractivity contribution >= 4 is 185 Å². The van der Waals surface area contributed by atoms with Gasteiger partial charge in [0.25, 0.3) is 0 Å². The minimum absolute atomic E-state index is 0.133.